The Morgan fingerprint density at radius 2 is 1.60 bits per heavy atom. The maximum absolute atomic E-state index is 13.0. The summed E-state index contributed by atoms with van der Waals surface area (Å²) in [5.74, 6) is 0.445. The standard InChI is InChI=1S/C16H12FNOS/c1-20-14-8-4-12(5-9-14)16-15(10-18-19-16)11-2-6-13(17)7-3-11/h2-10H,1H3. The Balaban J connectivity index is 2.02. The van der Waals surface area contributed by atoms with Crippen molar-refractivity contribution < 1.29 is 8.91 Å². The fraction of sp³-hybridized carbons (Fsp3) is 0.0625. The molecule has 2 nitrogen and oxygen atoms in total. The predicted octanol–water partition coefficient (Wildman–Crippen LogP) is 4.87. The smallest absolute Gasteiger partial charge is 0.174 e. The van der Waals surface area contributed by atoms with Gasteiger partial charge in [-0.2, -0.15) is 0 Å². The summed E-state index contributed by atoms with van der Waals surface area (Å²) in [4.78, 5) is 1.19. The van der Waals surface area contributed by atoms with E-state index in [4.69, 9.17) is 4.52 Å². The lowest BCUT2D eigenvalue weighted by Gasteiger charge is -2.03. The maximum atomic E-state index is 13.0. The number of rotatable bonds is 3. The highest BCUT2D eigenvalue weighted by atomic mass is 32.2. The first-order chi connectivity index (χ1) is 9.78. The molecule has 0 atom stereocenters. The third-order valence-corrected chi connectivity index (χ3v) is 3.82. The Morgan fingerprint density at radius 1 is 0.950 bits per heavy atom. The summed E-state index contributed by atoms with van der Waals surface area (Å²) >= 11 is 1.69. The fourth-order valence-electron chi connectivity index (χ4n) is 2.03. The van der Waals surface area contributed by atoms with E-state index < -0.39 is 0 Å². The number of aromatic nitrogens is 1. The van der Waals surface area contributed by atoms with E-state index in [1.807, 2.05) is 30.5 Å². The van der Waals surface area contributed by atoms with Crippen molar-refractivity contribution >= 4 is 11.8 Å². The van der Waals surface area contributed by atoms with Gasteiger partial charge in [0, 0.05) is 16.0 Å². The van der Waals surface area contributed by atoms with Crippen molar-refractivity contribution in [2.24, 2.45) is 0 Å². The normalized spacial score (nSPS) is 10.7. The van der Waals surface area contributed by atoms with Crippen molar-refractivity contribution in [2.75, 3.05) is 6.26 Å². The van der Waals surface area contributed by atoms with Gasteiger partial charge in [-0.1, -0.05) is 17.3 Å². The molecule has 0 aliphatic rings. The molecule has 2 aromatic carbocycles. The van der Waals surface area contributed by atoms with Crippen LogP contribution in [0.5, 0.6) is 0 Å². The third-order valence-electron chi connectivity index (χ3n) is 3.08. The summed E-state index contributed by atoms with van der Waals surface area (Å²) in [6.07, 6.45) is 3.69. The van der Waals surface area contributed by atoms with Gasteiger partial charge >= 0.3 is 0 Å². The number of hydrogen-bond donors (Lipinski definition) is 0. The average molecular weight is 285 g/mol. The Kier molecular flexibility index (Phi) is 3.56. The minimum absolute atomic E-state index is 0.254. The Bertz CT molecular complexity index is 704. The van der Waals surface area contributed by atoms with E-state index in [-0.39, 0.29) is 5.82 Å². The molecule has 4 heteroatoms. The van der Waals surface area contributed by atoms with Gasteiger partial charge in [-0.3, -0.25) is 0 Å². The average Bonchev–Trinajstić information content (AvgIpc) is 2.97. The van der Waals surface area contributed by atoms with E-state index in [1.165, 1.54) is 17.0 Å². The summed E-state index contributed by atoms with van der Waals surface area (Å²) in [6.45, 7) is 0. The zero-order valence-electron chi connectivity index (χ0n) is 10.8. The van der Waals surface area contributed by atoms with Crippen molar-refractivity contribution in [3.05, 3.63) is 60.5 Å². The summed E-state index contributed by atoms with van der Waals surface area (Å²) < 4.78 is 18.4. The molecule has 0 aliphatic carbocycles. The zero-order chi connectivity index (χ0) is 13.9. The van der Waals surface area contributed by atoms with Crippen molar-refractivity contribution in [3.63, 3.8) is 0 Å². The molecule has 1 aromatic heterocycles. The molecule has 3 aromatic rings. The molecule has 1 heterocycles. The second kappa shape index (κ2) is 5.51. The van der Waals surface area contributed by atoms with E-state index in [0.29, 0.717) is 5.76 Å². The highest BCUT2D eigenvalue weighted by Crippen LogP contribution is 2.32. The van der Waals surface area contributed by atoms with Crippen LogP contribution in [0.2, 0.25) is 0 Å². The van der Waals surface area contributed by atoms with Crippen LogP contribution >= 0.6 is 11.8 Å². The molecular weight excluding hydrogens is 273 g/mol. The van der Waals surface area contributed by atoms with Crippen LogP contribution in [0.4, 0.5) is 4.39 Å². The molecule has 0 spiro atoms. The van der Waals surface area contributed by atoms with Crippen molar-refractivity contribution in [1.29, 1.82) is 0 Å². The van der Waals surface area contributed by atoms with Crippen LogP contribution in [-0.4, -0.2) is 11.4 Å². The Labute approximate surface area is 120 Å². The van der Waals surface area contributed by atoms with E-state index in [9.17, 15) is 4.39 Å². The Morgan fingerprint density at radius 3 is 2.25 bits per heavy atom. The molecule has 100 valence electrons. The quantitative estimate of drug-likeness (QED) is 0.642. The number of hydrogen-bond acceptors (Lipinski definition) is 3. The lowest BCUT2D eigenvalue weighted by Crippen LogP contribution is -1.81. The van der Waals surface area contributed by atoms with Gasteiger partial charge in [-0.25, -0.2) is 4.39 Å². The number of halogens is 1. The van der Waals surface area contributed by atoms with Crippen LogP contribution < -0.4 is 0 Å². The highest BCUT2D eigenvalue weighted by molar-refractivity contribution is 7.98. The maximum Gasteiger partial charge on any atom is 0.174 e. The van der Waals surface area contributed by atoms with Crippen LogP contribution in [0.3, 0.4) is 0 Å². The minimum Gasteiger partial charge on any atom is -0.356 e. The van der Waals surface area contributed by atoms with Gasteiger partial charge in [0.1, 0.15) is 5.82 Å². The number of benzene rings is 2. The second-order valence-electron chi connectivity index (χ2n) is 4.30. The van der Waals surface area contributed by atoms with Gasteiger partial charge in [-0.15, -0.1) is 11.8 Å². The highest BCUT2D eigenvalue weighted by Gasteiger charge is 2.12. The monoisotopic (exact) mass is 285 g/mol. The van der Waals surface area contributed by atoms with Gasteiger partial charge in [0.25, 0.3) is 0 Å². The third kappa shape index (κ3) is 2.47. The van der Waals surface area contributed by atoms with Crippen LogP contribution in [0.15, 0.2) is 64.1 Å². The first-order valence-electron chi connectivity index (χ1n) is 6.13. The van der Waals surface area contributed by atoms with Crippen LogP contribution in [0.25, 0.3) is 22.5 Å². The van der Waals surface area contributed by atoms with Crippen molar-refractivity contribution in [1.82, 2.24) is 5.16 Å². The first-order valence-corrected chi connectivity index (χ1v) is 7.35. The molecular formula is C16H12FNOS. The van der Waals surface area contributed by atoms with E-state index in [0.717, 1.165) is 16.7 Å². The second-order valence-corrected chi connectivity index (χ2v) is 5.18. The molecule has 0 saturated carbocycles. The minimum atomic E-state index is -0.254. The van der Waals surface area contributed by atoms with Crippen molar-refractivity contribution in [2.45, 2.75) is 4.90 Å². The van der Waals surface area contributed by atoms with Gasteiger partial charge in [-0.05, 0) is 48.2 Å². The lowest BCUT2D eigenvalue weighted by atomic mass is 10.0. The van der Waals surface area contributed by atoms with Crippen LogP contribution in [0.1, 0.15) is 0 Å². The zero-order valence-corrected chi connectivity index (χ0v) is 11.7. The largest absolute Gasteiger partial charge is 0.356 e. The van der Waals surface area contributed by atoms with Gasteiger partial charge in [0.2, 0.25) is 0 Å². The molecule has 20 heavy (non-hydrogen) atoms. The molecule has 0 bridgehead atoms. The topological polar surface area (TPSA) is 26.0 Å². The molecule has 3 rings (SSSR count). The van der Waals surface area contributed by atoms with Gasteiger partial charge in [0.15, 0.2) is 5.76 Å². The molecule has 0 unspecified atom stereocenters. The van der Waals surface area contributed by atoms with Gasteiger partial charge < -0.3 is 4.52 Å². The number of thioether (sulfide) groups is 1. The van der Waals surface area contributed by atoms with Crippen molar-refractivity contribution in [3.8, 4) is 22.5 Å². The number of nitrogens with zero attached hydrogens (tertiary/aromatic N) is 1. The van der Waals surface area contributed by atoms with Crippen LogP contribution in [0, 0.1) is 5.82 Å². The summed E-state index contributed by atoms with van der Waals surface area (Å²) in [5.41, 5.74) is 2.71. The fourth-order valence-corrected chi connectivity index (χ4v) is 2.43. The molecule has 0 saturated heterocycles. The molecule has 0 radical (unpaired) electrons. The van der Waals surface area contributed by atoms with Gasteiger partial charge in [0.05, 0.1) is 6.20 Å². The molecule has 0 fully saturated rings. The summed E-state index contributed by atoms with van der Waals surface area (Å²) in [5, 5.41) is 3.87. The SMILES string of the molecule is CSc1ccc(-c2oncc2-c2ccc(F)cc2)cc1. The molecule has 0 N–H and O–H groups in total. The molecule has 0 aliphatic heterocycles. The Hall–Kier alpha value is -2.07. The van der Waals surface area contributed by atoms with E-state index in [1.54, 1.807) is 30.1 Å². The summed E-state index contributed by atoms with van der Waals surface area (Å²) in [7, 11) is 0. The predicted molar refractivity (Wildman–Crippen MR) is 79.1 cm³/mol. The molecule has 0 amide bonds. The van der Waals surface area contributed by atoms with E-state index in [2.05, 4.69) is 5.16 Å². The van der Waals surface area contributed by atoms with Crippen LogP contribution in [-0.2, 0) is 0 Å². The lowest BCUT2D eigenvalue weighted by molar-refractivity contribution is 0.432. The van der Waals surface area contributed by atoms with E-state index >= 15 is 0 Å². The summed E-state index contributed by atoms with van der Waals surface area (Å²) in [6, 6.07) is 14.4. The first kappa shape index (κ1) is 12.9.